The van der Waals surface area contributed by atoms with Gasteiger partial charge in [0.2, 0.25) is 0 Å². The molecule has 6 nitrogen and oxygen atoms in total. The zero-order chi connectivity index (χ0) is 15.9. The molecule has 0 aliphatic rings. The number of hydrogen-bond donors (Lipinski definition) is 1. The number of carboxylic acid groups (broad SMARTS) is 1. The van der Waals surface area contributed by atoms with Gasteiger partial charge in [0.15, 0.2) is 0 Å². The Hall–Kier alpha value is -2.54. The Kier molecular flexibility index (Phi) is 3.50. The van der Waals surface area contributed by atoms with Crippen molar-refractivity contribution < 1.29 is 9.90 Å². The quantitative estimate of drug-likeness (QED) is 0.801. The molecule has 0 saturated carbocycles. The van der Waals surface area contributed by atoms with Crippen LogP contribution < -0.4 is 5.56 Å². The van der Waals surface area contributed by atoms with E-state index in [1.807, 2.05) is 13.8 Å². The highest BCUT2D eigenvalue weighted by molar-refractivity contribution is 7.18. The first kappa shape index (κ1) is 14.4. The second kappa shape index (κ2) is 5.34. The van der Waals surface area contributed by atoms with Gasteiger partial charge in [0.25, 0.3) is 5.56 Å². The number of hydrogen-bond acceptors (Lipinski definition) is 5. The largest absolute Gasteiger partial charge is 0.480 e. The lowest BCUT2D eigenvalue weighted by molar-refractivity contribution is -0.137. The van der Waals surface area contributed by atoms with E-state index >= 15 is 0 Å². The Bertz CT molecular complexity index is 929. The monoisotopic (exact) mass is 315 g/mol. The molecule has 0 radical (unpaired) electrons. The SMILES string of the molecule is Cc1sc2nc(-c3cccnc3)n(CC(=O)O)c(=O)c2c1C. The molecule has 0 spiro atoms. The molecular formula is C15H13N3O3S. The molecule has 0 unspecified atom stereocenters. The topological polar surface area (TPSA) is 85.1 Å². The van der Waals surface area contributed by atoms with Crippen LogP contribution in [0.1, 0.15) is 10.4 Å². The minimum absolute atomic E-state index is 0.326. The van der Waals surface area contributed by atoms with E-state index in [2.05, 4.69) is 9.97 Å². The summed E-state index contributed by atoms with van der Waals surface area (Å²) in [5.41, 5.74) is 1.15. The van der Waals surface area contributed by atoms with Crippen LogP contribution in [-0.2, 0) is 11.3 Å². The maximum Gasteiger partial charge on any atom is 0.323 e. The van der Waals surface area contributed by atoms with E-state index in [1.165, 1.54) is 15.9 Å². The summed E-state index contributed by atoms with van der Waals surface area (Å²) in [5, 5.41) is 9.61. The molecule has 7 heteroatoms. The third-order valence-electron chi connectivity index (χ3n) is 3.50. The average molecular weight is 315 g/mol. The third kappa shape index (κ3) is 2.29. The molecule has 22 heavy (non-hydrogen) atoms. The fourth-order valence-corrected chi connectivity index (χ4v) is 3.34. The minimum atomic E-state index is -1.09. The smallest absolute Gasteiger partial charge is 0.323 e. The molecular weight excluding hydrogens is 302 g/mol. The van der Waals surface area contributed by atoms with Crippen LogP contribution in [0.15, 0.2) is 29.3 Å². The zero-order valence-electron chi connectivity index (χ0n) is 12.0. The van der Waals surface area contributed by atoms with Crippen LogP contribution in [0.4, 0.5) is 0 Å². The van der Waals surface area contributed by atoms with Gasteiger partial charge in [-0.1, -0.05) is 0 Å². The standard InChI is InChI=1S/C15H13N3O3S/c1-8-9(2)22-14-12(8)15(21)18(7-11(19)20)13(17-14)10-4-3-5-16-6-10/h3-6H,7H2,1-2H3,(H,19,20). The molecule has 3 rings (SSSR count). The lowest BCUT2D eigenvalue weighted by atomic mass is 10.2. The number of thiophene rings is 1. The summed E-state index contributed by atoms with van der Waals surface area (Å²) >= 11 is 1.44. The van der Waals surface area contributed by atoms with Crippen LogP contribution in [-0.4, -0.2) is 25.6 Å². The molecule has 0 aliphatic heterocycles. The summed E-state index contributed by atoms with van der Waals surface area (Å²) in [6.07, 6.45) is 3.18. The highest BCUT2D eigenvalue weighted by Crippen LogP contribution is 2.28. The first-order valence-electron chi connectivity index (χ1n) is 6.61. The van der Waals surface area contributed by atoms with Crippen LogP contribution in [0.2, 0.25) is 0 Å². The van der Waals surface area contributed by atoms with E-state index in [0.29, 0.717) is 21.6 Å². The Morgan fingerprint density at radius 2 is 2.18 bits per heavy atom. The molecule has 0 fully saturated rings. The molecule has 1 N–H and O–H groups in total. The summed E-state index contributed by atoms with van der Waals surface area (Å²) in [7, 11) is 0. The summed E-state index contributed by atoms with van der Waals surface area (Å²) in [6, 6.07) is 3.48. The highest BCUT2D eigenvalue weighted by atomic mass is 32.1. The first-order chi connectivity index (χ1) is 10.5. The van der Waals surface area contributed by atoms with Crippen molar-refractivity contribution >= 4 is 27.5 Å². The number of aryl methyl sites for hydroxylation is 2. The lowest BCUT2D eigenvalue weighted by Gasteiger charge is -2.10. The van der Waals surface area contributed by atoms with Gasteiger partial charge in [-0.2, -0.15) is 0 Å². The van der Waals surface area contributed by atoms with Gasteiger partial charge in [-0.25, -0.2) is 4.98 Å². The Morgan fingerprint density at radius 1 is 1.41 bits per heavy atom. The van der Waals surface area contributed by atoms with Crippen LogP contribution in [0.3, 0.4) is 0 Å². The molecule has 0 bridgehead atoms. The van der Waals surface area contributed by atoms with Crippen LogP contribution in [0, 0.1) is 13.8 Å². The molecule has 3 aromatic heterocycles. The number of rotatable bonds is 3. The van der Waals surface area contributed by atoms with E-state index in [9.17, 15) is 9.59 Å². The maximum absolute atomic E-state index is 12.7. The van der Waals surface area contributed by atoms with Crippen LogP contribution in [0.25, 0.3) is 21.6 Å². The Labute approximate surface area is 129 Å². The number of aliphatic carboxylic acids is 1. The van der Waals surface area contributed by atoms with Gasteiger partial charge in [0, 0.05) is 22.8 Å². The third-order valence-corrected chi connectivity index (χ3v) is 4.60. The average Bonchev–Trinajstić information content (AvgIpc) is 2.77. The van der Waals surface area contributed by atoms with Crippen molar-refractivity contribution in [3.8, 4) is 11.4 Å². The zero-order valence-corrected chi connectivity index (χ0v) is 12.8. The van der Waals surface area contributed by atoms with E-state index < -0.39 is 12.5 Å². The van der Waals surface area contributed by atoms with E-state index in [0.717, 1.165) is 10.4 Å². The van der Waals surface area contributed by atoms with Crippen molar-refractivity contribution in [2.24, 2.45) is 0 Å². The maximum atomic E-state index is 12.7. The first-order valence-corrected chi connectivity index (χ1v) is 7.43. The molecule has 0 aliphatic carbocycles. The molecule has 112 valence electrons. The minimum Gasteiger partial charge on any atom is -0.480 e. The van der Waals surface area contributed by atoms with Crippen molar-refractivity contribution in [1.29, 1.82) is 0 Å². The number of carbonyl (C=O) groups is 1. The summed E-state index contributed by atoms with van der Waals surface area (Å²) in [6.45, 7) is 3.35. The van der Waals surface area contributed by atoms with Crippen LogP contribution in [0.5, 0.6) is 0 Å². The van der Waals surface area contributed by atoms with Gasteiger partial charge in [-0.3, -0.25) is 19.1 Å². The van der Waals surface area contributed by atoms with Crippen molar-refractivity contribution in [1.82, 2.24) is 14.5 Å². The molecule has 0 amide bonds. The molecule has 3 heterocycles. The Morgan fingerprint density at radius 3 is 2.82 bits per heavy atom. The van der Waals surface area contributed by atoms with Crippen molar-refractivity contribution in [2.75, 3.05) is 0 Å². The summed E-state index contributed by atoms with van der Waals surface area (Å²) in [4.78, 5) is 34.0. The predicted octanol–water partition coefficient (Wildman–Crippen LogP) is 2.22. The van der Waals surface area contributed by atoms with Gasteiger partial charge in [0.05, 0.1) is 5.39 Å². The molecule has 0 saturated heterocycles. The lowest BCUT2D eigenvalue weighted by Crippen LogP contribution is -2.27. The molecule has 0 atom stereocenters. The Balaban J connectivity index is 2.40. The summed E-state index contributed by atoms with van der Waals surface area (Å²) < 4.78 is 1.20. The summed E-state index contributed by atoms with van der Waals surface area (Å²) in [5.74, 6) is -0.757. The second-order valence-corrected chi connectivity index (χ2v) is 6.13. The number of fused-ring (bicyclic) bond motifs is 1. The molecule has 3 aromatic rings. The van der Waals surface area contributed by atoms with Crippen LogP contribution >= 0.6 is 11.3 Å². The van der Waals surface area contributed by atoms with Crippen molar-refractivity contribution in [3.63, 3.8) is 0 Å². The highest BCUT2D eigenvalue weighted by Gasteiger charge is 2.18. The predicted molar refractivity (Wildman–Crippen MR) is 84.2 cm³/mol. The van der Waals surface area contributed by atoms with Gasteiger partial charge >= 0.3 is 5.97 Å². The van der Waals surface area contributed by atoms with Gasteiger partial charge in [-0.15, -0.1) is 11.3 Å². The van der Waals surface area contributed by atoms with Gasteiger partial charge in [0.1, 0.15) is 17.2 Å². The molecule has 0 aromatic carbocycles. The van der Waals surface area contributed by atoms with Gasteiger partial charge in [-0.05, 0) is 31.5 Å². The fourth-order valence-electron chi connectivity index (χ4n) is 2.32. The van der Waals surface area contributed by atoms with Crippen molar-refractivity contribution in [2.45, 2.75) is 20.4 Å². The van der Waals surface area contributed by atoms with Crippen molar-refractivity contribution in [3.05, 3.63) is 45.3 Å². The number of carboxylic acids is 1. The fraction of sp³-hybridized carbons (Fsp3) is 0.200. The number of pyridine rings is 1. The number of nitrogens with zero attached hydrogens (tertiary/aromatic N) is 3. The number of aromatic nitrogens is 3. The van der Waals surface area contributed by atoms with E-state index in [1.54, 1.807) is 24.5 Å². The van der Waals surface area contributed by atoms with Gasteiger partial charge < -0.3 is 5.11 Å². The van der Waals surface area contributed by atoms with E-state index in [-0.39, 0.29) is 5.56 Å². The normalized spacial score (nSPS) is 11.0. The van der Waals surface area contributed by atoms with E-state index in [4.69, 9.17) is 5.11 Å². The second-order valence-electron chi connectivity index (χ2n) is 4.93.